The number of hydrogen-bond acceptors (Lipinski definition) is 12. The number of carbonyl (C=O) groups is 1. The molecule has 12 heteroatoms. The molecule has 0 saturated carbocycles. The Morgan fingerprint density at radius 1 is 0.756 bits per heavy atom. The van der Waals surface area contributed by atoms with Gasteiger partial charge in [0.1, 0.15) is 12.2 Å². The zero-order chi connectivity index (χ0) is 31.6. The van der Waals surface area contributed by atoms with Crippen LogP contribution in [-0.2, 0) is 47.4 Å². The average Bonchev–Trinajstić information content (AvgIpc) is 3.36. The van der Waals surface area contributed by atoms with Crippen LogP contribution < -0.4 is 0 Å². The molecule has 0 aromatic carbocycles. The lowest BCUT2D eigenvalue weighted by Gasteiger charge is -2.51. The van der Waals surface area contributed by atoms with Crippen LogP contribution in [-0.4, -0.2) is 122 Å². The van der Waals surface area contributed by atoms with E-state index in [1.165, 1.54) is 7.11 Å². The molecule has 0 aromatic heterocycles. The van der Waals surface area contributed by atoms with E-state index in [1.807, 2.05) is 6.92 Å². The first-order valence-corrected chi connectivity index (χ1v) is 17.2. The summed E-state index contributed by atoms with van der Waals surface area (Å²) < 4.78 is 56.8. The maximum Gasteiger partial charge on any atom is 0.305 e. The van der Waals surface area contributed by atoms with Crippen molar-refractivity contribution in [2.24, 2.45) is 23.7 Å². The zero-order valence-corrected chi connectivity index (χ0v) is 27.2. The molecule has 2 N–H and O–H groups in total. The highest BCUT2D eigenvalue weighted by Crippen LogP contribution is 2.50. The fourth-order valence-electron chi connectivity index (χ4n) is 9.08. The Labute approximate surface area is 265 Å². The van der Waals surface area contributed by atoms with E-state index < -0.39 is 30.4 Å². The van der Waals surface area contributed by atoms with E-state index in [1.54, 1.807) is 0 Å². The highest BCUT2D eigenvalue weighted by molar-refractivity contribution is 5.69. The molecule has 256 valence electrons. The van der Waals surface area contributed by atoms with Crippen LogP contribution in [0.2, 0.25) is 0 Å². The molecule has 0 radical (unpaired) electrons. The van der Waals surface area contributed by atoms with Gasteiger partial charge in [0.15, 0.2) is 12.1 Å². The molecule has 0 bridgehead atoms. The predicted molar refractivity (Wildman–Crippen MR) is 156 cm³/mol. The van der Waals surface area contributed by atoms with Crippen molar-refractivity contribution in [3.8, 4) is 0 Å². The summed E-state index contributed by atoms with van der Waals surface area (Å²) in [5.74, 6) is -1.12. The number of esters is 1. The Kier molecular flexibility index (Phi) is 9.30. The van der Waals surface area contributed by atoms with Crippen molar-refractivity contribution in [3.63, 3.8) is 0 Å². The molecule has 0 amide bonds. The maximum absolute atomic E-state index is 11.7. The number of carbonyl (C=O) groups excluding carboxylic acids is 1. The number of ether oxygens (including phenoxy) is 9. The number of hydrogen-bond donors (Lipinski definition) is 2. The van der Waals surface area contributed by atoms with Gasteiger partial charge in [0.25, 0.3) is 0 Å². The van der Waals surface area contributed by atoms with Gasteiger partial charge in [-0.05, 0) is 24.7 Å². The van der Waals surface area contributed by atoms with E-state index in [9.17, 15) is 15.0 Å². The van der Waals surface area contributed by atoms with E-state index in [-0.39, 0.29) is 91.7 Å². The fraction of sp³-hybridized carbons (Fsp3) is 0.970. The molecule has 7 aliphatic heterocycles. The average molecular weight is 641 g/mol. The van der Waals surface area contributed by atoms with Crippen molar-refractivity contribution >= 4 is 5.97 Å². The third-order valence-corrected chi connectivity index (χ3v) is 11.9. The van der Waals surface area contributed by atoms with Crippen LogP contribution in [0.15, 0.2) is 0 Å². The summed E-state index contributed by atoms with van der Waals surface area (Å²) in [6, 6.07) is 0. The van der Waals surface area contributed by atoms with Crippen molar-refractivity contribution in [3.05, 3.63) is 0 Å². The molecule has 7 aliphatic rings. The summed E-state index contributed by atoms with van der Waals surface area (Å²) in [7, 11) is 1.38. The van der Waals surface area contributed by atoms with E-state index >= 15 is 0 Å². The van der Waals surface area contributed by atoms with Gasteiger partial charge < -0.3 is 52.8 Å². The van der Waals surface area contributed by atoms with Gasteiger partial charge in [-0.2, -0.15) is 0 Å². The second-order valence-electron chi connectivity index (χ2n) is 14.9. The largest absolute Gasteiger partial charge is 0.469 e. The van der Waals surface area contributed by atoms with Crippen LogP contribution in [0.1, 0.15) is 72.6 Å². The predicted octanol–water partition coefficient (Wildman–Crippen LogP) is 2.09. The minimum atomic E-state index is -0.929. The highest BCUT2D eigenvalue weighted by Gasteiger charge is 2.61. The van der Waals surface area contributed by atoms with Crippen LogP contribution >= 0.6 is 0 Å². The second kappa shape index (κ2) is 12.8. The highest BCUT2D eigenvalue weighted by atomic mass is 16.7. The van der Waals surface area contributed by atoms with Gasteiger partial charge >= 0.3 is 5.97 Å². The van der Waals surface area contributed by atoms with Crippen LogP contribution in [0.25, 0.3) is 0 Å². The van der Waals surface area contributed by atoms with E-state index in [0.717, 1.165) is 12.8 Å². The van der Waals surface area contributed by atoms with Gasteiger partial charge in [0, 0.05) is 37.5 Å². The molecule has 0 aromatic rings. The van der Waals surface area contributed by atoms with Crippen molar-refractivity contribution in [1.29, 1.82) is 0 Å². The summed E-state index contributed by atoms with van der Waals surface area (Å²) in [6.45, 7) is 9.13. The van der Waals surface area contributed by atoms with Crippen LogP contribution in [0.5, 0.6) is 0 Å². The lowest BCUT2D eigenvalue weighted by atomic mass is 9.75. The molecule has 0 aliphatic carbocycles. The van der Waals surface area contributed by atoms with Gasteiger partial charge in [-0.1, -0.05) is 27.7 Å². The molecule has 12 nitrogen and oxygen atoms in total. The molecule has 45 heavy (non-hydrogen) atoms. The van der Waals surface area contributed by atoms with Gasteiger partial charge in [0.05, 0.1) is 87.8 Å². The molecule has 7 rings (SSSR count). The van der Waals surface area contributed by atoms with Gasteiger partial charge in [-0.15, -0.1) is 0 Å². The first kappa shape index (κ1) is 32.6. The topological polar surface area (TPSA) is 141 Å². The van der Waals surface area contributed by atoms with Crippen LogP contribution in [0.4, 0.5) is 0 Å². The monoisotopic (exact) mass is 640 g/mol. The maximum atomic E-state index is 11.7. The summed E-state index contributed by atoms with van der Waals surface area (Å²) in [5.41, 5.74) is 0. The van der Waals surface area contributed by atoms with Crippen molar-refractivity contribution in [1.82, 2.24) is 0 Å². The first-order chi connectivity index (χ1) is 21.5. The number of fused-ring (bicyclic) bond motifs is 5. The SMILES string of the molecule is COC(=O)CC[C@H]1OC[C@@H]2O[C@@H]3C[C@H](C)C[C@@H]4O[C@@H]5[C@@H](C)[C@H](O)[C@@H]6O[C@]7(C[C@H](O)CO7)[C@@H](C)[C@H](C)[C@H]6O[C@H]5C[C@H]4O[C@H]3C[C@H]2O1. The molecular weight excluding hydrogens is 588 g/mol. The normalized spacial score (nSPS) is 54.7. The standard InChI is InChI=1S/C33H52O12/c1-15-8-20-22(10-24-26(41-20)14-38-28(42-24)7-6-27(35)37-5)40-23-11-25-30(43-21(23)9-15)17(3)29(36)32-31(44-25)16(2)18(4)33(45-32)12-19(34)13-39-33/h15-26,28-32,34,36H,6-14H2,1-5H3/t15-,16-,17-,18-,19-,20+,21-,22-,23+,24+,25-,26-,28-,29-,30+,31+,32-,33+/m0/s1. The van der Waals surface area contributed by atoms with Gasteiger partial charge in [0.2, 0.25) is 0 Å². The molecule has 18 atom stereocenters. The van der Waals surface area contributed by atoms with Crippen LogP contribution in [0, 0.1) is 23.7 Å². The second-order valence-corrected chi connectivity index (χ2v) is 14.9. The molecule has 1 spiro atoms. The lowest BCUT2D eigenvalue weighted by molar-refractivity contribution is -0.340. The van der Waals surface area contributed by atoms with E-state index in [4.69, 9.17) is 42.6 Å². The first-order valence-electron chi connectivity index (χ1n) is 17.2. The minimum absolute atomic E-state index is 0.0245. The van der Waals surface area contributed by atoms with Crippen molar-refractivity contribution in [2.45, 2.75) is 158 Å². The Morgan fingerprint density at radius 2 is 1.40 bits per heavy atom. The Bertz CT molecular complexity index is 1060. The van der Waals surface area contributed by atoms with Gasteiger partial charge in [-0.3, -0.25) is 4.79 Å². The summed E-state index contributed by atoms with van der Waals surface area (Å²) in [4.78, 5) is 11.7. The van der Waals surface area contributed by atoms with Gasteiger partial charge in [-0.25, -0.2) is 0 Å². The number of rotatable bonds is 3. The fourth-order valence-corrected chi connectivity index (χ4v) is 9.08. The Balaban J connectivity index is 1.07. The summed E-state index contributed by atoms with van der Waals surface area (Å²) in [6.07, 6.45) is -0.331. The number of aliphatic hydroxyl groups excluding tert-OH is 2. The molecule has 7 saturated heterocycles. The molecule has 7 heterocycles. The molecular formula is C33H52O12. The Hall–Kier alpha value is -0.930. The number of aliphatic hydroxyl groups is 2. The van der Waals surface area contributed by atoms with E-state index in [0.29, 0.717) is 38.2 Å². The number of methoxy groups -OCH3 is 1. The third kappa shape index (κ3) is 6.11. The zero-order valence-electron chi connectivity index (χ0n) is 27.2. The van der Waals surface area contributed by atoms with Crippen molar-refractivity contribution in [2.75, 3.05) is 20.3 Å². The molecule has 0 unspecified atom stereocenters. The minimum Gasteiger partial charge on any atom is -0.469 e. The van der Waals surface area contributed by atoms with Crippen LogP contribution in [0.3, 0.4) is 0 Å². The summed E-state index contributed by atoms with van der Waals surface area (Å²) >= 11 is 0. The van der Waals surface area contributed by atoms with E-state index in [2.05, 4.69) is 20.8 Å². The lowest BCUT2D eigenvalue weighted by Crippen LogP contribution is -2.61. The quantitative estimate of drug-likeness (QED) is 0.437. The third-order valence-electron chi connectivity index (χ3n) is 11.9. The Morgan fingerprint density at radius 3 is 2.11 bits per heavy atom. The summed E-state index contributed by atoms with van der Waals surface area (Å²) in [5, 5.41) is 22.0. The molecule has 7 fully saturated rings. The van der Waals surface area contributed by atoms with Crippen molar-refractivity contribution < 1.29 is 57.6 Å². The smallest absolute Gasteiger partial charge is 0.305 e.